The summed E-state index contributed by atoms with van der Waals surface area (Å²) >= 11 is 0. The molecule has 0 saturated carbocycles. The van der Waals surface area contributed by atoms with Crippen LogP contribution in [0, 0.1) is 0 Å². The summed E-state index contributed by atoms with van der Waals surface area (Å²) in [6.45, 7) is 6.24. The van der Waals surface area contributed by atoms with Gasteiger partial charge in [0.2, 0.25) is 15.9 Å². The van der Waals surface area contributed by atoms with Crippen LogP contribution in [-0.4, -0.2) is 43.5 Å². The van der Waals surface area contributed by atoms with Gasteiger partial charge in [0, 0.05) is 13.1 Å². The SMILES string of the molecule is CCN(CC)C(=O)C(C)NS(=O)(=O)c1ccc(O)cc1. The number of aromatic hydroxyl groups is 1. The molecule has 2 N–H and O–H groups in total. The summed E-state index contributed by atoms with van der Waals surface area (Å²) < 4.78 is 26.5. The predicted octanol–water partition coefficient (Wildman–Crippen LogP) is 0.927. The van der Waals surface area contributed by atoms with Gasteiger partial charge in [0.05, 0.1) is 10.9 Å². The van der Waals surface area contributed by atoms with Gasteiger partial charge in [0.1, 0.15) is 5.75 Å². The van der Waals surface area contributed by atoms with Crippen molar-refractivity contribution >= 4 is 15.9 Å². The third-order valence-electron chi connectivity index (χ3n) is 2.92. The Morgan fingerprint density at radius 3 is 2.20 bits per heavy atom. The van der Waals surface area contributed by atoms with Crippen molar-refractivity contribution in [2.45, 2.75) is 31.7 Å². The fraction of sp³-hybridized carbons (Fsp3) is 0.462. The molecule has 0 aliphatic rings. The van der Waals surface area contributed by atoms with Crippen LogP contribution in [0.5, 0.6) is 5.75 Å². The zero-order chi connectivity index (χ0) is 15.3. The molecule has 1 atom stereocenters. The maximum atomic E-state index is 12.1. The molecule has 7 heteroatoms. The molecule has 0 bridgehead atoms. The summed E-state index contributed by atoms with van der Waals surface area (Å²) in [5, 5.41) is 9.15. The van der Waals surface area contributed by atoms with Crippen LogP contribution in [-0.2, 0) is 14.8 Å². The Morgan fingerprint density at radius 2 is 1.75 bits per heavy atom. The van der Waals surface area contributed by atoms with Crippen LogP contribution in [0.3, 0.4) is 0 Å². The van der Waals surface area contributed by atoms with Gasteiger partial charge in [-0.05, 0) is 45.0 Å². The highest BCUT2D eigenvalue weighted by Gasteiger charge is 2.24. The van der Waals surface area contributed by atoms with E-state index in [1.807, 2.05) is 13.8 Å². The van der Waals surface area contributed by atoms with Gasteiger partial charge in [-0.2, -0.15) is 4.72 Å². The molecule has 0 aliphatic heterocycles. The molecule has 1 amide bonds. The monoisotopic (exact) mass is 300 g/mol. The van der Waals surface area contributed by atoms with E-state index in [9.17, 15) is 13.2 Å². The standard InChI is InChI=1S/C13H20N2O4S/c1-4-15(5-2)13(17)10(3)14-20(18,19)12-8-6-11(16)7-9-12/h6-10,14,16H,4-5H2,1-3H3. The predicted molar refractivity (Wildman–Crippen MR) is 75.8 cm³/mol. The number of amides is 1. The lowest BCUT2D eigenvalue weighted by atomic mass is 10.3. The highest BCUT2D eigenvalue weighted by Crippen LogP contribution is 2.14. The fourth-order valence-corrected chi connectivity index (χ4v) is 2.98. The smallest absolute Gasteiger partial charge is 0.241 e. The molecule has 0 spiro atoms. The molecule has 6 nitrogen and oxygen atoms in total. The molecule has 20 heavy (non-hydrogen) atoms. The molecule has 1 aromatic rings. The van der Waals surface area contributed by atoms with Gasteiger partial charge < -0.3 is 10.0 Å². The summed E-state index contributed by atoms with van der Waals surface area (Å²) in [7, 11) is -3.78. The van der Waals surface area contributed by atoms with Gasteiger partial charge in [0.15, 0.2) is 0 Å². The molecule has 0 aliphatic carbocycles. The van der Waals surface area contributed by atoms with Gasteiger partial charge >= 0.3 is 0 Å². The number of benzene rings is 1. The molecule has 0 heterocycles. The number of carbonyl (C=O) groups is 1. The topological polar surface area (TPSA) is 86.7 Å². The molecule has 1 unspecified atom stereocenters. The van der Waals surface area contributed by atoms with Gasteiger partial charge in [-0.3, -0.25) is 4.79 Å². The first-order valence-corrected chi connectivity index (χ1v) is 7.90. The number of carbonyl (C=O) groups excluding carboxylic acids is 1. The van der Waals surface area contributed by atoms with E-state index in [1.165, 1.54) is 31.2 Å². The molecule has 0 fully saturated rings. The first-order valence-electron chi connectivity index (χ1n) is 6.42. The summed E-state index contributed by atoms with van der Waals surface area (Å²) in [5.74, 6) is -0.284. The molecule has 1 rings (SSSR count). The average Bonchev–Trinajstić information content (AvgIpc) is 2.40. The number of likely N-dealkylation sites (N-methyl/N-ethyl adjacent to an activating group) is 1. The van der Waals surface area contributed by atoms with Crippen LogP contribution in [0.15, 0.2) is 29.2 Å². The number of phenols is 1. The van der Waals surface area contributed by atoms with Crippen LogP contribution < -0.4 is 4.72 Å². The number of sulfonamides is 1. The Labute approximate surface area is 119 Å². The maximum Gasteiger partial charge on any atom is 0.241 e. The van der Waals surface area contributed by atoms with Gasteiger partial charge in [0.25, 0.3) is 0 Å². The van der Waals surface area contributed by atoms with Crippen molar-refractivity contribution in [3.8, 4) is 5.75 Å². The quantitative estimate of drug-likeness (QED) is 0.818. The fourth-order valence-electron chi connectivity index (χ4n) is 1.79. The lowest BCUT2D eigenvalue weighted by Gasteiger charge is -2.23. The van der Waals surface area contributed by atoms with Crippen molar-refractivity contribution < 1.29 is 18.3 Å². The van der Waals surface area contributed by atoms with E-state index >= 15 is 0 Å². The van der Waals surface area contributed by atoms with Crippen LogP contribution in [0.25, 0.3) is 0 Å². The highest BCUT2D eigenvalue weighted by atomic mass is 32.2. The molecule has 0 aromatic heterocycles. The number of nitrogens with one attached hydrogen (secondary N) is 1. The van der Waals surface area contributed by atoms with Gasteiger partial charge in [-0.15, -0.1) is 0 Å². The van der Waals surface area contributed by atoms with Crippen molar-refractivity contribution in [1.29, 1.82) is 0 Å². The average molecular weight is 300 g/mol. The first-order chi connectivity index (χ1) is 9.31. The summed E-state index contributed by atoms with van der Waals surface area (Å²) in [6, 6.07) is 4.30. The Kier molecular flexibility index (Phi) is 5.52. The largest absolute Gasteiger partial charge is 0.508 e. The molecule has 112 valence electrons. The molecule has 0 radical (unpaired) electrons. The zero-order valence-electron chi connectivity index (χ0n) is 11.8. The minimum Gasteiger partial charge on any atom is -0.508 e. The van der Waals surface area contributed by atoms with Crippen LogP contribution >= 0.6 is 0 Å². The van der Waals surface area contributed by atoms with Crippen molar-refractivity contribution in [3.63, 3.8) is 0 Å². The molecule has 1 aromatic carbocycles. The third-order valence-corrected chi connectivity index (χ3v) is 4.48. The van der Waals surface area contributed by atoms with E-state index in [1.54, 1.807) is 4.90 Å². The normalized spacial score (nSPS) is 12.9. The van der Waals surface area contributed by atoms with Crippen molar-refractivity contribution in [1.82, 2.24) is 9.62 Å². The second-order valence-corrected chi connectivity index (χ2v) is 6.06. The van der Waals surface area contributed by atoms with Crippen LogP contribution in [0.2, 0.25) is 0 Å². The highest BCUT2D eigenvalue weighted by molar-refractivity contribution is 7.89. The Bertz CT molecular complexity index is 550. The maximum absolute atomic E-state index is 12.1. The number of rotatable bonds is 6. The lowest BCUT2D eigenvalue weighted by molar-refractivity contribution is -0.132. The van der Waals surface area contributed by atoms with Gasteiger partial charge in [-0.1, -0.05) is 0 Å². The van der Waals surface area contributed by atoms with Gasteiger partial charge in [-0.25, -0.2) is 8.42 Å². The van der Waals surface area contributed by atoms with E-state index in [4.69, 9.17) is 5.11 Å². The summed E-state index contributed by atoms with van der Waals surface area (Å²) in [6.07, 6.45) is 0. The van der Waals surface area contributed by atoms with Crippen LogP contribution in [0.4, 0.5) is 0 Å². The van der Waals surface area contributed by atoms with E-state index in [0.29, 0.717) is 13.1 Å². The van der Waals surface area contributed by atoms with Crippen molar-refractivity contribution in [3.05, 3.63) is 24.3 Å². The second-order valence-electron chi connectivity index (χ2n) is 4.35. The number of hydrogen-bond donors (Lipinski definition) is 2. The molecule has 0 saturated heterocycles. The van der Waals surface area contributed by atoms with Crippen molar-refractivity contribution in [2.75, 3.05) is 13.1 Å². The van der Waals surface area contributed by atoms with E-state index in [0.717, 1.165) is 0 Å². The Hall–Kier alpha value is -1.60. The number of phenolic OH excluding ortho intramolecular Hbond substituents is 1. The zero-order valence-corrected chi connectivity index (χ0v) is 12.6. The number of nitrogens with zero attached hydrogens (tertiary/aromatic N) is 1. The summed E-state index contributed by atoms with van der Waals surface area (Å²) in [5.41, 5.74) is 0. The third kappa shape index (κ3) is 3.94. The minimum atomic E-state index is -3.78. The number of hydrogen-bond acceptors (Lipinski definition) is 4. The lowest BCUT2D eigenvalue weighted by Crippen LogP contribution is -2.46. The van der Waals surface area contributed by atoms with E-state index < -0.39 is 16.1 Å². The molecular weight excluding hydrogens is 280 g/mol. The molecular formula is C13H20N2O4S. The Balaban J connectivity index is 2.85. The Morgan fingerprint density at radius 1 is 1.25 bits per heavy atom. The first kappa shape index (κ1) is 16.5. The van der Waals surface area contributed by atoms with Crippen molar-refractivity contribution in [2.24, 2.45) is 0 Å². The van der Waals surface area contributed by atoms with E-state index in [2.05, 4.69) is 4.72 Å². The minimum absolute atomic E-state index is 0.00879. The van der Waals surface area contributed by atoms with E-state index in [-0.39, 0.29) is 16.6 Å². The van der Waals surface area contributed by atoms with Crippen LogP contribution in [0.1, 0.15) is 20.8 Å². The second kappa shape index (κ2) is 6.71. The summed E-state index contributed by atoms with van der Waals surface area (Å²) in [4.78, 5) is 13.6.